The number of likely N-dealkylation sites (tertiary alicyclic amines) is 2. The normalized spacial score (nSPS) is 17.2. The van der Waals surface area contributed by atoms with Gasteiger partial charge in [-0.05, 0) is 57.4 Å². The first-order valence-electron chi connectivity index (χ1n) is 15.5. The van der Waals surface area contributed by atoms with Crippen molar-refractivity contribution >= 4 is 38.2 Å². The second kappa shape index (κ2) is 11.3. The van der Waals surface area contributed by atoms with Crippen LogP contribution in [0.15, 0.2) is 84.0 Å². The minimum atomic E-state index is -3.84. The van der Waals surface area contributed by atoms with Crippen LogP contribution in [-0.4, -0.2) is 74.6 Å². The second-order valence-corrected chi connectivity index (χ2v) is 14.9. The van der Waals surface area contributed by atoms with Gasteiger partial charge in [0.25, 0.3) is 10.0 Å². The molecule has 0 radical (unpaired) electrons. The SMILES string of the molecule is CC(C)(C)OC(=O)N1CC(c2nc3cnc4c(ccn4S(=O)(=O)c4ccccc4)c3n2C2CCN(Cc3ccccc3)CC2)C1. The van der Waals surface area contributed by atoms with E-state index in [1.54, 1.807) is 47.6 Å². The van der Waals surface area contributed by atoms with Gasteiger partial charge in [-0.3, -0.25) is 4.90 Å². The quantitative estimate of drug-likeness (QED) is 0.235. The number of pyridine rings is 1. The average molecular weight is 627 g/mol. The van der Waals surface area contributed by atoms with Gasteiger partial charge in [0.1, 0.15) is 16.9 Å². The van der Waals surface area contributed by atoms with Crippen LogP contribution in [0.25, 0.3) is 22.1 Å². The molecule has 5 aromatic rings. The number of hydrogen-bond acceptors (Lipinski definition) is 7. The van der Waals surface area contributed by atoms with Crippen LogP contribution in [0.2, 0.25) is 0 Å². The van der Waals surface area contributed by atoms with E-state index in [0.717, 1.165) is 54.7 Å². The number of carbonyl (C=O) groups is 1. The van der Waals surface area contributed by atoms with E-state index in [9.17, 15) is 13.2 Å². The fourth-order valence-electron chi connectivity index (χ4n) is 6.52. The molecule has 2 aromatic carbocycles. The monoisotopic (exact) mass is 626 g/mol. The topological polar surface area (TPSA) is 103 Å². The molecule has 2 aliphatic rings. The fourth-order valence-corrected chi connectivity index (χ4v) is 7.84. The number of fused-ring (bicyclic) bond motifs is 3. The van der Waals surface area contributed by atoms with E-state index >= 15 is 0 Å². The minimum Gasteiger partial charge on any atom is -0.444 e. The molecule has 1 amide bonds. The van der Waals surface area contributed by atoms with E-state index in [4.69, 9.17) is 9.72 Å². The van der Waals surface area contributed by atoms with Gasteiger partial charge in [-0.2, -0.15) is 0 Å². The van der Waals surface area contributed by atoms with Crippen molar-refractivity contribution in [3.63, 3.8) is 0 Å². The molecular formula is C34H38N6O4S. The molecule has 234 valence electrons. The van der Waals surface area contributed by atoms with Crippen molar-refractivity contribution < 1.29 is 17.9 Å². The Morgan fingerprint density at radius 2 is 1.62 bits per heavy atom. The van der Waals surface area contributed by atoms with Crippen LogP contribution in [0.3, 0.4) is 0 Å². The average Bonchev–Trinajstić information content (AvgIpc) is 3.59. The van der Waals surface area contributed by atoms with E-state index in [1.807, 2.05) is 32.9 Å². The van der Waals surface area contributed by atoms with Crippen LogP contribution in [0.1, 0.15) is 57.0 Å². The lowest BCUT2D eigenvalue weighted by molar-refractivity contribution is 0.00705. The maximum absolute atomic E-state index is 13.6. The highest BCUT2D eigenvalue weighted by Gasteiger charge is 2.39. The van der Waals surface area contributed by atoms with E-state index in [1.165, 1.54) is 9.54 Å². The number of hydrogen-bond donors (Lipinski definition) is 0. The number of amides is 1. The Labute approximate surface area is 263 Å². The molecule has 0 spiro atoms. The number of nitrogens with zero attached hydrogens (tertiary/aromatic N) is 6. The maximum atomic E-state index is 13.6. The number of benzene rings is 2. The molecule has 11 heteroatoms. The fraction of sp³-hybridized carbons (Fsp3) is 0.382. The van der Waals surface area contributed by atoms with Gasteiger partial charge in [-0.1, -0.05) is 48.5 Å². The molecule has 0 atom stereocenters. The lowest BCUT2D eigenvalue weighted by atomic mass is 9.97. The highest BCUT2D eigenvalue weighted by atomic mass is 32.2. The standard InChI is InChI=1S/C34H38N6O4S/c1-34(2,3)44-33(41)38-22-25(23-38)31-36-29-20-35-32-28(16-19-39(32)45(42,43)27-12-8-5-9-13-27)30(29)40(31)26-14-17-37(18-15-26)21-24-10-6-4-7-11-24/h4-13,16,19-20,25-26H,14-15,17-18,21-23H2,1-3H3. The summed E-state index contributed by atoms with van der Waals surface area (Å²) in [4.78, 5) is 26.9. The molecule has 7 rings (SSSR count). The van der Waals surface area contributed by atoms with Crippen molar-refractivity contribution in [3.05, 3.63) is 90.5 Å². The molecule has 0 N–H and O–H groups in total. The van der Waals surface area contributed by atoms with Crippen LogP contribution in [-0.2, 0) is 21.3 Å². The number of aromatic nitrogens is 4. The number of piperidine rings is 1. The molecular weight excluding hydrogens is 588 g/mol. The van der Waals surface area contributed by atoms with Crippen molar-refractivity contribution in [1.29, 1.82) is 0 Å². The third-order valence-electron chi connectivity index (χ3n) is 8.73. The lowest BCUT2D eigenvalue weighted by Gasteiger charge is -2.41. The van der Waals surface area contributed by atoms with Crippen LogP contribution < -0.4 is 0 Å². The first-order valence-corrected chi connectivity index (χ1v) is 17.0. The molecule has 0 saturated carbocycles. The molecule has 0 aliphatic carbocycles. The predicted molar refractivity (Wildman–Crippen MR) is 173 cm³/mol. The predicted octanol–water partition coefficient (Wildman–Crippen LogP) is 5.79. The molecule has 45 heavy (non-hydrogen) atoms. The highest BCUT2D eigenvalue weighted by Crippen LogP contribution is 2.38. The summed E-state index contributed by atoms with van der Waals surface area (Å²) in [5, 5.41) is 0.751. The summed E-state index contributed by atoms with van der Waals surface area (Å²) in [6.45, 7) is 9.43. The molecule has 10 nitrogen and oxygen atoms in total. The third-order valence-corrected chi connectivity index (χ3v) is 10.4. The van der Waals surface area contributed by atoms with Gasteiger partial charge in [-0.15, -0.1) is 0 Å². The number of ether oxygens (including phenoxy) is 1. The maximum Gasteiger partial charge on any atom is 0.410 e. The summed E-state index contributed by atoms with van der Waals surface area (Å²) in [5.41, 5.74) is 2.75. The van der Waals surface area contributed by atoms with Crippen molar-refractivity contribution in [3.8, 4) is 0 Å². The smallest absolute Gasteiger partial charge is 0.410 e. The molecule has 2 saturated heterocycles. The summed E-state index contributed by atoms with van der Waals surface area (Å²) >= 11 is 0. The van der Waals surface area contributed by atoms with Crippen LogP contribution in [0.4, 0.5) is 4.79 Å². The van der Waals surface area contributed by atoms with Gasteiger partial charge in [0.15, 0.2) is 5.65 Å². The van der Waals surface area contributed by atoms with Crippen molar-refractivity contribution in [2.24, 2.45) is 0 Å². The zero-order valence-corrected chi connectivity index (χ0v) is 26.7. The van der Waals surface area contributed by atoms with Gasteiger partial charge >= 0.3 is 6.09 Å². The number of rotatable bonds is 6. The van der Waals surface area contributed by atoms with E-state index < -0.39 is 15.6 Å². The second-order valence-electron chi connectivity index (χ2n) is 13.1. The summed E-state index contributed by atoms with van der Waals surface area (Å²) in [6, 6.07) is 21.0. The lowest BCUT2D eigenvalue weighted by Crippen LogP contribution is -2.51. The Hall–Kier alpha value is -4.22. The molecule has 2 fully saturated rings. The van der Waals surface area contributed by atoms with Crippen molar-refractivity contribution in [2.45, 2.75) is 62.6 Å². The van der Waals surface area contributed by atoms with Crippen LogP contribution >= 0.6 is 0 Å². The van der Waals surface area contributed by atoms with Gasteiger partial charge in [-0.25, -0.2) is 27.2 Å². The molecule has 0 unspecified atom stereocenters. The Kier molecular flexibility index (Phi) is 7.40. The van der Waals surface area contributed by atoms with Crippen molar-refractivity contribution in [2.75, 3.05) is 26.2 Å². The molecule has 3 aromatic heterocycles. The minimum absolute atomic E-state index is 0.0393. The van der Waals surface area contributed by atoms with E-state index in [0.29, 0.717) is 18.7 Å². The zero-order valence-electron chi connectivity index (χ0n) is 25.8. The highest BCUT2D eigenvalue weighted by molar-refractivity contribution is 7.90. The molecule has 5 heterocycles. The van der Waals surface area contributed by atoms with Gasteiger partial charge in [0.2, 0.25) is 0 Å². The van der Waals surface area contributed by atoms with Crippen LogP contribution in [0.5, 0.6) is 0 Å². The third kappa shape index (κ3) is 5.59. The Balaban J connectivity index is 1.25. The Bertz CT molecular complexity index is 1950. The van der Waals surface area contributed by atoms with Gasteiger partial charge in [0, 0.05) is 50.3 Å². The van der Waals surface area contributed by atoms with E-state index in [2.05, 4.69) is 38.7 Å². The Morgan fingerprint density at radius 1 is 0.956 bits per heavy atom. The zero-order chi connectivity index (χ0) is 31.3. The van der Waals surface area contributed by atoms with E-state index in [-0.39, 0.29) is 22.9 Å². The van der Waals surface area contributed by atoms with Crippen LogP contribution in [0, 0.1) is 0 Å². The largest absolute Gasteiger partial charge is 0.444 e. The summed E-state index contributed by atoms with van der Waals surface area (Å²) in [7, 11) is -3.84. The first-order chi connectivity index (χ1) is 21.6. The summed E-state index contributed by atoms with van der Waals surface area (Å²) < 4.78 is 36.5. The summed E-state index contributed by atoms with van der Waals surface area (Å²) in [5.74, 6) is 0.955. The molecule has 2 aliphatic heterocycles. The summed E-state index contributed by atoms with van der Waals surface area (Å²) in [6.07, 6.45) is 4.82. The van der Waals surface area contributed by atoms with Gasteiger partial charge < -0.3 is 14.2 Å². The van der Waals surface area contributed by atoms with Gasteiger partial charge in [0.05, 0.1) is 22.5 Å². The molecule has 0 bridgehead atoms. The van der Waals surface area contributed by atoms with Crippen molar-refractivity contribution in [1.82, 2.24) is 28.3 Å². The first kappa shape index (κ1) is 29.5. The number of imidazole rings is 1. The Morgan fingerprint density at radius 3 is 2.29 bits per heavy atom. The number of carbonyl (C=O) groups excluding carboxylic acids is 1.